The number of nitrogens with zero attached hydrogens (tertiary/aromatic N) is 1. The van der Waals surface area contributed by atoms with Gasteiger partial charge in [0.1, 0.15) is 0 Å². The maximum Gasteiger partial charge on any atom is 0.238 e. The van der Waals surface area contributed by atoms with E-state index in [2.05, 4.69) is 15.5 Å². The predicted octanol–water partition coefficient (Wildman–Crippen LogP) is 4.19. The molecule has 0 aliphatic carbocycles. The van der Waals surface area contributed by atoms with Gasteiger partial charge in [0, 0.05) is 11.3 Å². The van der Waals surface area contributed by atoms with E-state index in [9.17, 15) is 4.79 Å². The standard InChI is InChI=1S/C14H13Cl2N3OS/c1-6-11-12(8-3-4-9(15)10(16)5-8)21-7(2)14(20)17-13(11)19-18-6/h3-5,7,12H,1-2H3,(H2,17,18,19,20)/t7-,12-/m0/s1. The Morgan fingerprint density at radius 2 is 2.05 bits per heavy atom. The number of carbonyl (C=O) groups is 1. The molecule has 0 spiro atoms. The topological polar surface area (TPSA) is 57.8 Å². The Morgan fingerprint density at radius 1 is 1.29 bits per heavy atom. The maximum absolute atomic E-state index is 12.1. The van der Waals surface area contributed by atoms with E-state index in [4.69, 9.17) is 23.2 Å². The number of amides is 1. The molecule has 2 atom stereocenters. The van der Waals surface area contributed by atoms with Crippen molar-refractivity contribution in [2.75, 3.05) is 5.32 Å². The first kappa shape index (κ1) is 14.8. The molecule has 0 radical (unpaired) electrons. The van der Waals surface area contributed by atoms with Crippen molar-refractivity contribution in [3.05, 3.63) is 45.1 Å². The first-order valence-electron chi connectivity index (χ1n) is 6.43. The van der Waals surface area contributed by atoms with Crippen LogP contribution in [-0.4, -0.2) is 21.4 Å². The van der Waals surface area contributed by atoms with Gasteiger partial charge >= 0.3 is 0 Å². The van der Waals surface area contributed by atoms with Crippen LogP contribution in [0.2, 0.25) is 10.0 Å². The molecule has 1 aromatic heterocycles. The van der Waals surface area contributed by atoms with Crippen molar-refractivity contribution in [3.8, 4) is 0 Å². The monoisotopic (exact) mass is 341 g/mol. The smallest absolute Gasteiger partial charge is 0.238 e. The van der Waals surface area contributed by atoms with Gasteiger partial charge in [-0.2, -0.15) is 5.10 Å². The third-order valence-electron chi connectivity index (χ3n) is 3.45. The molecule has 0 saturated carbocycles. The molecule has 0 saturated heterocycles. The molecule has 1 aliphatic rings. The number of hydrogen-bond donors (Lipinski definition) is 2. The highest BCUT2D eigenvalue weighted by Crippen LogP contribution is 2.45. The highest BCUT2D eigenvalue weighted by molar-refractivity contribution is 8.01. The van der Waals surface area contributed by atoms with E-state index >= 15 is 0 Å². The molecule has 1 aromatic carbocycles. The number of aromatic amines is 1. The van der Waals surface area contributed by atoms with Gasteiger partial charge in [0.25, 0.3) is 0 Å². The summed E-state index contributed by atoms with van der Waals surface area (Å²) in [5.41, 5.74) is 2.92. The lowest BCUT2D eigenvalue weighted by molar-refractivity contribution is -0.115. The molecule has 0 bridgehead atoms. The molecule has 3 rings (SSSR count). The van der Waals surface area contributed by atoms with E-state index in [-0.39, 0.29) is 16.4 Å². The number of aromatic nitrogens is 2. The second kappa shape index (κ2) is 5.55. The van der Waals surface area contributed by atoms with Crippen molar-refractivity contribution in [2.24, 2.45) is 0 Å². The second-order valence-corrected chi connectivity index (χ2v) is 7.20. The summed E-state index contributed by atoms with van der Waals surface area (Å²) in [4.78, 5) is 12.1. The minimum atomic E-state index is -0.182. The average Bonchev–Trinajstić information content (AvgIpc) is 2.73. The van der Waals surface area contributed by atoms with Crippen LogP contribution in [0.25, 0.3) is 0 Å². The quantitative estimate of drug-likeness (QED) is 0.817. The van der Waals surface area contributed by atoms with E-state index in [1.165, 1.54) is 0 Å². The van der Waals surface area contributed by atoms with Crippen LogP contribution in [0.1, 0.15) is 29.0 Å². The van der Waals surface area contributed by atoms with Gasteiger partial charge in [-0.3, -0.25) is 9.89 Å². The zero-order valence-corrected chi connectivity index (χ0v) is 13.7. The van der Waals surface area contributed by atoms with E-state index in [1.807, 2.05) is 26.0 Å². The SMILES string of the molecule is Cc1[nH]nc2c1[C@H](c1ccc(Cl)c(Cl)c1)S[C@@H](C)C(=O)N2. The van der Waals surface area contributed by atoms with Crippen molar-refractivity contribution in [2.45, 2.75) is 24.3 Å². The van der Waals surface area contributed by atoms with E-state index in [0.717, 1.165) is 16.8 Å². The molecular weight excluding hydrogens is 329 g/mol. The summed E-state index contributed by atoms with van der Waals surface area (Å²) in [5, 5.41) is 10.8. The maximum atomic E-state index is 12.1. The molecule has 2 N–H and O–H groups in total. The molecule has 1 amide bonds. The van der Waals surface area contributed by atoms with Crippen LogP contribution in [0.4, 0.5) is 5.82 Å². The number of rotatable bonds is 1. The van der Waals surface area contributed by atoms with Crippen LogP contribution in [0.15, 0.2) is 18.2 Å². The second-order valence-electron chi connectivity index (χ2n) is 4.93. The summed E-state index contributed by atoms with van der Waals surface area (Å²) in [6, 6.07) is 5.56. The molecule has 21 heavy (non-hydrogen) atoms. The Bertz CT molecular complexity index is 716. The van der Waals surface area contributed by atoms with Gasteiger partial charge < -0.3 is 5.32 Å². The van der Waals surface area contributed by atoms with Crippen LogP contribution < -0.4 is 5.32 Å². The van der Waals surface area contributed by atoms with Gasteiger partial charge in [0.05, 0.1) is 20.5 Å². The Kier molecular flexibility index (Phi) is 3.90. The highest BCUT2D eigenvalue weighted by atomic mass is 35.5. The fourth-order valence-electron chi connectivity index (χ4n) is 2.33. The van der Waals surface area contributed by atoms with Gasteiger partial charge in [-0.25, -0.2) is 0 Å². The molecule has 0 fully saturated rings. The number of hydrogen-bond acceptors (Lipinski definition) is 3. The minimum absolute atomic E-state index is 0.0255. The highest BCUT2D eigenvalue weighted by Gasteiger charge is 2.32. The van der Waals surface area contributed by atoms with Crippen molar-refractivity contribution in [1.82, 2.24) is 10.2 Å². The number of carbonyl (C=O) groups excluding carboxylic acids is 1. The number of nitrogens with one attached hydrogen (secondary N) is 2. The lowest BCUT2D eigenvalue weighted by Gasteiger charge is -2.18. The van der Waals surface area contributed by atoms with Crippen molar-refractivity contribution >= 4 is 46.7 Å². The van der Waals surface area contributed by atoms with Crippen LogP contribution >= 0.6 is 35.0 Å². The fraction of sp³-hybridized carbons (Fsp3) is 0.286. The first-order valence-corrected chi connectivity index (χ1v) is 8.13. The zero-order valence-electron chi connectivity index (χ0n) is 11.4. The number of benzene rings is 1. The molecule has 2 heterocycles. The van der Waals surface area contributed by atoms with Crippen LogP contribution in [0.5, 0.6) is 0 Å². The zero-order chi connectivity index (χ0) is 15.1. The normalized spacial score (nSPS) is 21.6. The average molecular weight is 342 g/mol. The van der Waals surface area contributed by atoms with Gasteiger partial charge in [0.15, 0.2) is 5.82 Å². The molecule has 110 valence electrons. The number of H-pyrrole nitrogens is 1. The lowest BCUT2D eigenvalue weighted by atomic mass is 10.0. The molecule has 0 unspecified atom stereocenters. The molecular formula is C14H13Cl2N3OS. The number of anilines is 1. The summed E-state index contributed by atoms with van der Waals surface area (Å²) in [7, 11) is 0. The number of halogens is 2. The summed E-state index contributed by atoms with van der Waals surface area (Å²) in [6.07, 6.45) is 0. The Morgan fingerprint density at radius 3 is 2.76 bits per heavy atom. The molecule has 2 aromatic rings. The van der Waals surface area contributed by atoms with E-state index in [1.54, 1.807) is 17.8 Å². The summed E-state index contributed by atoms with van der Waals surface area (Å²) >= 11 is 13.7. The van der Waals surface area contributed by atoms with E-state index in [0.29, 0.717) is 15.9 Å². The molecule has 1 aliphatic heterocycles. The Balaban J connectivity index is 2.13. The molecule has 4 nitrogen and oxygen atoms in total. The van der Waals surface area contributed by atoms with Gasteiger partial charge in [-0.15, -0.1) is 11.8 Å². The number of fused-ring (bicyclic) bond motifs is 1. The van der Waals surface area contributed by atoms with Crippen LogP contribution in [0.3, 0.4) is 0 Å². The summed E-state index contributed by atoms with van der Waals surface area (Å²) in [5.74, 6) is 0.542. The summed E-state index contributed by atoms with van der Waals surface area (Å²) < 4.78 is 0. The Labute approximate surface area is 136 Å². The largest absolute Gasteiger partial charge is 0.308 e. The number of aryl methyl sites for hydroxylation is 1. The lowest BCUT2D eigenvalue weighted by Crippen LogP contribution is -2.21. The third-order valence-corrected chi connectivity index (χ3v) is 5.60. The van der Waals surface area contributed by atoms with E-state index < -0.39 is 0 Å². The first-order chi connectivity index (χ1) is 9.97. The van der Waals surface area contributed by atoms with Crippen molar-refractivity contribution in [1.29, 1.82) is 0 Å². The predicted molar refractivity (Wildman–Crippen MR) is 87.3 cm³/mol. The van der Waals surface area contributed by atoms with Gasteiger partial charge in [-0.1, -0.05) is 29.3 Å². The Hall–Kier alpha value is -1.17. The van der Waals surface area contributed by atoms with Gasteiger partial charge in [0.2, 0.25) is 5.91 Å². The minimum Gasteiger partial charge on any atom is -0.308 e. The third kappa shape index (κ3) is 2.65. The van der Waals surface area contributed by atoms with Crippen LogP contribution in [-0.2, 0) is 4.79 Å². The fourth-order valence-corrected chi connectivity index (χ4v) is 3.95. The number of thioether (sulfide) groups is 1. The van der Waals surface area contributed by atoms with Crippen LogP contribution in [0, 0.1) is 6.92 Å². The van der Waals surface area contributed by atoms with Crippen molar-refractivity contribution < 1.29 is 4.79 Å². The summed E-state index contributed by atoms with van der Waals surface area (Å²) in [6.45, 7) is 3.83. The molecule has 7 heteroatoms. The van der Waals surface area contributed by atoms with Gasteiger partial charge in [-0.05, 0) is 31.5 Å². The van der Waals surface area contributed by atoms with Crippen molar-refractivity contribution in [3.63, 3.8) is 0 Å².